The summed E-state index contributed by atoms with van der Waals surface area (Å²) in [5, 5.41) is 0. The summed E-state index contributed by atoms with van der Waals surface area (Å²) in [6.07, 6.45) is 4.97. The lowest BCUT2D eigenvalue weighted by atomic mass is 10.2. The predicted molar refractivity (Wildman–Crippen MR) is 42.0 cm³/mol. The maximum absolute atomic E-state index is 2.97. The van der Waals surface area contributed by atoms with E-state index in [0.717, 1.165) is 6.42 Å². The second-order valence-electron chi connectivity index (χ2n) is 2.28. The van der Waals surface area contributed by atoms with E-state index >= 15 is 0 Å². The Bertz CT molecular complexity index is 130. The molecule has 0 aliphatic rings. The minimum atomic E-state index is 0.621. The zero-order valence-electron chi connectivity index (χ0n) is 6.44. The van der Waals surface area contributed by atoms with Crippen LogP contribution in [0.25, 0.3) is 0 Å². The Hall–Kier alpha value is -0.700. The van der Waals surface area contributed by atoms with Gasteiger partial charge in [-0.25, -0.2) is 0 Å². The highest BCUT2D eigenvalue weighted by atomic mass is 13.8. The molecule has 0 rings (SSSR count). The lowest BCUT2D eigenvalue weighted by molar-refractivity contribution is 0.832. The van der Waals surface area contributed by atoms with E-state index in [1.165, 1.54) is 0 Å². The van der Waals surface area contributed by atoms with Crippen LogP contribution in [0, 0.1) is 17.8 Å². The fraction of sp³-hybridized carbons (Fsp3) is 0.556. The quantitative estimate of drug-likeness (QED) is 0.469. The summed E-state index contributed by atoms with van der Waals surface area (Å²) in [5.74, 6) is 6.52. The SMILES string of the molecule is CCC#C/C=C/C(C)C. The van der Waals surface area contributed by atoms with Crippen molar-refractivity contribution in [2.75, 3.05) is 0 Å². The van der Waals surface area contributed by atoms with Crippen molar-refractivity contribution < 1.29 is 0 Å². The summed E-state index contributed by atoms with van der Waals surface area (Å²) < 4.78 is 0. The highest BCUT2D eigenvalue weighted by molar-refractivity contribution is 5.15. The number of rotatable bonds is 1. The molecule has 0 saturated heterocycles. The normalized spacial score (nSPS) is 9.78. The van der Waals surface area contributed by atoms with Crippen molar-refractivity contribution >= 4 is 0 Å². The molecule has 0 N–H and O–H groups in total. The summed E-state index contributed by atoms with van der Waals surface area (Å²) in [5.41, 5.74) is 0. The second kappa shape index (κ2) is 5.44. The lowest BCUT2D eigenvalue weighted by Crippen LogP contribution is -1.74. The molecule has 0 amide bonds. The van der Waals surface area contributed by atoms with Gasteiger partial charge in [0.2, 0.25) is 0 Å². The van der Waals surface area contributed by atoms with E-state index < -0.39 is 0 Å². The highest BCUT2D eigenvalue weighted by Crippen LogP contribution is 1.91. The Labute approximate surface area is 58.0 Å². The molecule has 0 heterocycles. The fourth-order valence-electron chi connectivity index (χ4n) is 0.402. The molecule has 0 heteroatoms. The summed E-state index contributed by atoms with van der Waals surface area (Å²) in [7, 11) is 0. The van der Waals surface area contributed by atoms with Crippen molar-refractivity contribution in [3.63, 3.8) is 0 Å². The molecule has 0 unspecified atom stereocenters. The van der Waals surface area contributed by atoms with Crippen LogP contribution in [-0.4, -0.2) is 0 Å². The highest BCUT2D eigenvalue weighted by Gasteiger charge is 1.78. The molecule has 0 spiro atoms. The van der Waals surface area contributed by atoms with Crippen LogP contribution in [0.5, 0.6) is 0 Å². The van der Waals surface area contributed by atoms with Crippen molar-refractivity contribution in [2.45, 2.75) is 27.2 Å². The standard InChI is InChI=1S/C9H14/c1-4-5-6-7-8-9(2)3/h7-9H,4H2,1-3H3/b8-7+. The van der Waals surface area contributed by atoms with Gasteiger partial charge in [-0.2, -0.15) is 0 Å². The predicted octanol–water partition coefficient (Wildman–Crippen LogP) is 2.61. The van der Waals surface area contributed by atoms with Crippen molar-refractivity contribution in [1.29, 1.82) is 0 Å². The minimum absolute atomic E-state index is 0.621. The van der Waals surface area contributed by atoms with Gasteiger partial charge in [-0.3, -0.25) is 0 Å². The maximum atomic E-state index is 2.97. The second-order valence-corrected chi connectivity index (χ2v) is 2.28. The molecule has 0 nitrogen and oxygen atoms in total. The van der Waals surface area contributed by atoms with E-state index in [-0.39, 0.29) is 0 Å². The molecule has 0 radical (unpaired) electrons. The van der Waals surface area contributed by atoms with Crippen LogP contribution in [-0.2, 0) is 0 Å². The Morgan fingerprint density at radius 2 is 2.11 bits per heavy atom. The van der Waals surface area contributed by atoms with Crippen molar-refractivity contribution in [3.8, 4) is 11.8 Å². The van der Waals surface area contributed by atoms with Gasteiger partial charge in [-0.1, -0.05) is 38.7 Å². The van der Waals surface area contributed by atoms with Crippen molar-refractivity contribution in [3.05, 3.63) is 12.2 Å². The minimum Gasteiger partial charge on any atom is -0.0988 e. The first-order valence-electron chi connectivity index (χ1n) is 3.42. The molecule has 0 aliphatic heterocycles. The van der Waals surface area contributed by atoms with E-state index in [4.69, 9.17) is 0 Å². The molecule has 9 heavy (non-hydrogen) atoms. The Morgan fingerprint density at radius 3 is 2.56 bits per heavy atom. The summed E-state index contributed by atoms with van der Waals surface area (Å²) in [6, 6.07) is 0. The van der Waals surface area contributed by atoms with Crippen LogP contribution in [0.2, 0.25) is 0 Å². The number of allylic oxidation sites excluding steroid dienone is 2. The molecular weight excluding hydrogens is 108 g/mol. The summed E-state index contributed by atoms with van der Waals surface area (Å²) in [4.78, 5) is 0. The van der Waals surface area contributed by atoms with Gasteiger partial charge in [0.1, 0.15) is 0 Å². The molecule has 0 aliphatic carbocycles. The zero-order valence-corrected chi connectivity index (χ0v) is 6.44. The van der Waals surface area contributed by atoms with E-state index in [1.807, 2.05) is 6.08 Å². The monoisotopic (exact) mass is 122 g/mol. The van der Waals surface area contributed by atoms with Gasteiger partial charge < -0.3 is 0 Å². The lowest BCUT2D eigenvalue weighted by Gasteiger charge is -1.87. The van der Waals surface area contributed by atoms with E-state index in [9.17, 15) is 0 Å². The van der Waals surface area contributed by atoms with Crippen molar-refractivity contribution in [2.24, 2.45) is 5.92 Å². The van der Waals surface area contributed by atoms with E-state index in [0.29, 0.717) is 5.92 Å². The number of hydrogen-bond acceptors (Lipinski definition) is 0. The zero-order chi connectivity index (χ0) is 7.11. The number of hydrogen-bond donors (Lipinski definition) is 0. The Kier molecular flexibility index (Phi) is 5.01. The summed E-state index contributed by atoms with van der Waals surface area (Å²) >= 11 is 0. The van der Waals surface area contributed by atoms with Crippen LogP contribution in [0.15, 0.2) is 12.2 Å². The van der Waals surface area contributed by atoms with Gasteiger partial charge in [0.15, 0.2) is 0 Å². The van der Waals surface area contributed by atoms with Gasteiger partial charge in [-0.15, -0.1) is 0 Å². The molecule has 0 fully saturated rings. The molecule has 0 aromatic heterocycles. The molecule has 50 valence electrons. The van der Waals surface area contributed by atoms with Gasteiger partial charge in [0.05, 0.1) is 0 Å². The topological polar surface area (TPSA) is 0 Å². The first kappa shape index (κ1) is 8.30. The Morgan fingerprint density at radius 1 is 1.44 bits per heavy atom. The average molecular weight is 122 g/mol. The largest absolute Gasteiger partial charge is 0.0988 e. The Balaban J connectivity index is 3.47. The molecule has 0 aromatic rings. The van der Waals surface area contributed by atoms with Crippen LogP contribution in [0.4, 0.5) is 0 Å². The van der Waals surface area contributed by atoms with E-state index in [1.54, 1.807) is 0 Å². The van der Waals surface area contributed by atoms with E-state index in [2.05, 4.69) is 38.7 Å². The third-order valence-electron chi connectivity index (χ3n) is 0.843. The van der Waals surface area contributed by atoms with Crippen LogP contribution < -0.4 is 0 Å². The fourth-order valence-corrected chi connectivity index (χ4v) is 0.402. The summed E-state index contributed by atoms with van der Waals surface area (Å²) in [6.45, 7) is 6.34. The molecular formula is C9H14. The molecule has 0 bridgehead atoms. The molecule has 0 atom stereocenters. The molecule has 0 aromatic carbocycles. The first-order chi connectivity index (χ1) is 4.27. The first-order valence-corrected chi connectivity index (χ1v) is 3.42. The van der Waals surface area contributed by atoms with Crippen LogP contribution >= 0.6 is 0 Å². The van der Waals surface area contributed by atoms with Crippen LogP contribution in [0.3, 0.4) is 0 Å². The maximum Gasteiger partial charge on any atom is 0.00637 e. The third-order valence-corrected chi connectivity index (χ3v) is 0.843. The molecule has 0 saturated carbocycles. The van der Waals surface area contributed by atoms with Gasteiger partial charge in [0.25, 0.3) is 0 Å². The smallest absolute Gasteiger partial charge is 0.00637 e. The average Bonchev–Trinajstić information content (AvgIpc) is 1.80. The third kappa shape index (κ3) is 7.30. The van der Waals surface area contributed by atoms with Crippen LogP contribution in [0.1, 0.15) is 27.2 Å². The van der Waals surface area contributed by atoms with Gasteiger partial charge >= 0.3 is 0 Å². The van der Waals surface area contributed by atoms with Gasteiger partial charge in [-0.05, 0) is 12.0 Å². The van der Waals surface area contributed by atoms with Crippen molar-refractivity contribution in [1.82, 2.24) is 0 Å². The van der Waals surface area contributed by atoms with Gasteiger partial charge in [0, 0.05) is 6.42 Å².